The molecule has 0 radical (unpaired) electrons. The molecule has 1 saturated heterocycles. The highest BCUT2D eigenvalue weighted by Gasteiger charge is 2.37. The van der Waals surface area contributed by atoms with Gasteiger partial charge < -0.3 is 9.47 Å². The van der Waals surface area contributed by atoms with Crippen molar-refractivity contribution in [2.75, 3.05) is 7.11 Å². The highest BCUT2D eigenvalue weighted by Crippen LogP contribution is 2.39. The van der Waals surface area contributed by atoms with Crippen molar-refractivity contribution in [3.8, 4) is 11.5 Å². The summed E-state index contributed by atoms with van der Waals surface area (Å²) >= 11 is 7.24. The molecule has 0 spiro atoms. The van der Waals surface area contributed by atoms with Crippen LogP contribution >= 0.6 is 23.4 Å². The fraction of sp³-hybridized carbons (Fsp3) is 0.368. The van der Waals surface area contributed by atoms with Gasteiger partial charge in [0.2, 0.25) is 0 Å². The molecule has 0 unspecified atom stereocenters. The van der Waals surface area contributed by atoms with E-state index in [-0.39, 0.29) is 23.3 Å². The molecule has 1 aromatic carbocycles. The summed E-state index contributed by atoms with van der Waals surface area (Å²) in [6.45, 7) is 9.34. The van der Waals surface area contributed by atoms with E-state index in [9.17, 15) is 9.59 Å². The van der Waals surface area contributed by atoms with Gasteiger partial charge in [0.1, 0.15) is 0 Å². The van der Waals surface area contributed by atoms with Crippen LogP contribution in [0.3, 0.4) is 0 Å². The Balaban J connectivity index is 2.37. The zero-order valence-corrected chi connectivity index (χ0v) is 16.8. The van der Waals surface area contributed by atoms with Gasteiger partial charge in [-0.25, -0.2) is 0 Å². The number of ether oxygens (including phenoxy) is 2. The van der Waals surface area contributed by atoms with Gasteiger partial charge in [-0.15, -0.1) is 6.58 Å². The van der Waals surface area contributed by atoms with Crippen LogP contribution in [0.5, 0.6) is 11.5 Å². The summed E-state index contributed by atoms with van der Waals surface area (Å²) in [5.41, 5.74) is 0.653. The van der Waals surface area contributed by atoms with Crippen LogP contribution < -0.4 is 9.47 Å². The Morgan fingerprint density at radius 2 is 2.04 bits per heavy atom. The lowest BCUT2D eigenvalue weighted by Crippen LogP contribution is -2.35. The second-order valence-corrected chi connectivity index (χ2v) is 7.30. The van der Waals surface area contributed by atoms with Gasteiger partial charge in [0.25, 0.3) is 11.1 Å². The molecule has 2 amide bonds. The summed E-state index contributed by atoms with van der Waals surface area (Å²) < 4.78 is 11.2. The van der Waals surface area contributed by atoms with Crippen molar-refractivity contribution in [3.63, 3.8) is 0 Å². The number of hydrogen-bond donors (Lipinski definition) is 0. The molecule has 2 atom stereocenters. The van der Waals surface area contributed by atoms with Crippen molar-refractivity contribution >= 4 is 40.6 Å². The number of benzene rings is 1. The number of carbonyl (C=O) groups excluding carboxylic acids is 2. The van der Waals surface area contributed by atoms with Gasteiger partial charge in [0.15, 0.2) is 11.5 Å². The van der Waals surface area contributed by atoms with Gasteiger partial charge in [-0.1, -0.05) is 24.6 Å². The van der Waals surface area contributed by atoms with E-state index in [4.69, 9.17) is 21.1 Å². The third kappa shape index (κ3) is 4.24. The van der Waals surface area contributed by atoms with E-state index in [0.717, 1.165) is 18.2 Å². The summed E-state index contributed by atoms with van der Waals surface area (Å²) in [6, 6.07) is 3.05. The number of halogens is 1. The van der Waals surface area contributed by atoms with Gasteiger partial charge >= 0.3 is 0 Å². The van der Waals surface area contributed by atoms with Crippen LogP contribution in [0.4, 0.5) is 4.79 Å². The predicted molar refractivity (Wildman–Crippen MR) is 106 cm³/mol. The Hall–Kier alpha value is -1.92. The summed E-state index contributed by atoms with van der Waals surface area (Å²) in [5, 5.41) is 0.0676. The average Bonchev–Trinajstić information content (AvgIpc) is 2.89. The second kappa shape index (κ2) is 8.64. The molecular formula is C19H22ClNO4S. The van der Waals surface area contributed by atoms with Crippen LogP contribution in [0.25, 0.3) is 6.08 Å². The van der Waals surface area contributed by atoms with Crippen LogP contribution in [0.2, 0.25) is 5.02 Å². The number of nitrogens with zero attached hydrogens (tertiary/aromatic N) is 1. The third-order valence-corrected chi connectivity index (χ3v) is 5.18. The number of hydrogen-bond acceptors (Lipinski definition) is 5. The molecule has 0 N–H and O–H groups in total. The summed E-state index contributed by atoms with van der Waals surface area (Å²) in [7, 11) is 1.53. The van der Waals surface area contributed by atoms with Crippen molar-refractivity contribution in [2.45, 2.75) is 39.3 Å². The average molecular weight is 396 g/mol. The van der Waals surface area contributed by atoms with E-state index in [1.54, 1.807) is 31.2 Å². The lowest BCUT2D eigenvalue weighted by atomic mass is 10.1. The normalized spacial score (nSPS) is 18.2. The molecule has 0 aliphatic carbocycles. The number of carbonyl (C=O) groups is 2. The van der Waals surface area contributed by atoms with Gasteiger partial charge in [-0.3, -0.25) is 14.5 Å². The van der Waals surface area contributed by atoms with Crippen molar-refractivity contribution in [3.05, 3.63) is 40.3 Å². The van der Waals surface area contributed by atoms with Crippen molar-refractivity contribution in [1.82, 2.24) is 4.90 Å². The third-order valence-electron chi connectivity index (χ3n) is 4.02. The number of rotatable bonds is 7. The first-order valence-corrected chi connectivity index (χ1v) is 9.45. The largest absolute Gasteiger partial charge is 0.493 e. The fourth-order valence-corrected chi connectivity index (χ4v) is 3.49. The summed E-state index contributed by atoms with van der Waals surface area (Å²) in [5.74, 6) is 0.596. The van der Waals surface area contributed by atoms with E-state index >= 15 is 0 Å². The maximum Gasteiger partial charge on any atom is 0.294 e. The lowest BCUT2D eigenvalue weighted by Gasteiger charge is -2.18. The minimum atomic E-state index is -0.363. The minimum Gasteiger partial charge on any atom is -0.493 e. The summed E-state index contributed by atoms with van der Waals surface area (Å²) in [6.07, 6.45) is 4.00. The maximum atomic E-state index is 12.5. The molecule has 2 rings (SSSR count). The van der Waals surface area contributed by atoms with Gasteiger partial charge in [-0.2, -0.15) is 0 Å². The van der Waals surface area contributed by atoms with E-state index < -0.39 is 0 Å². The van der Waals surface area contributed by atoms with E-state index in [0.29, 0.717) is 27.0 Å². The molecule has 140 valence electrons. The first-order valence-electron chi connectivity index (χ1n) is 8.26. The van der Waals surface area contributed by atoms with Gasteiger partial charge in [0.05, 0.1) is 29.2 Å². The molecule has 0 saturated carbocycles. The Morgan fingerprint density at radius 3 is 2.62 bits per heavy atom. The van der Waals surface area contributed by atoms with Gasteiger partial charge in [0, 0.05) is 0 Å². The smallest absolute Gasteiger partial charge is 0.294 e. The second-order valence-electron chi connectivity index (χ2n) is 5.90. The molecule has 1 aliphatic heterocycles. The van der Waals surface area contributed by atoms with Crippen LogP contribution in [0.1, 0.15) is 32.8 Å². The van der Waals surface area contributed by atoms with E-state index in [1.165, 1.54) is 12.0 Å². The Labute approximate surface area is 163 Å². The number of imide groups is 1. The van der Waals surface area contributed by atoms with Crippen LogP contribution in [-0.2, 0) is 4.79 Å². The van der Waals surface area contributed by atoms with E-state index in [2.05, 4.69) is 6.58 Å². The zero-order valence-electron chi connectivity index (χ0n) is 15.2. The molecule has 1 fully saturated rings. The SMILES string of the molecule is C=C[C@@H](C)N1C(=O)S/C(=C\c2cc(Cl)c(O[C@H](C)CC)c(OC)c2)C1=O. The Morgan fingerprint density at radius 1 is 1.35 bits per heavy atom. The van der Waals surface area contributed by atoms with E-state index in [1.807, 2.05) is 13.8 Å². The molecule has 7 heteroatoms. The lowest BCUT2D eigenvalue weighted by molar-refractivity contribution is -0.123. The highest BCUT2D eigenvalue weighted by molar-refractivity contribution is 8.18. The van der Waals surface area contributed by atoms with Crippen molar-refractivity contribution in [2.24, 2.45) is 0 Å². The highest BCUT2D eigenvalue weighted by atomic mass is 35.5. The Kier molecular flexibility index (Phi) is 6.78. The molecule has 0 aromatic heterocycles. The first kappa shape index (κ1) is 20.4. The molecular weight excluding hydrogens is 374 g/mol. The van der Waals surface area contributed by atoms with Crippen LogP contribution in [0.15, 0.2) is 29.7 Å². The maximum absolute atomic E-state index is 12.5. The standard InChI is InChI=1S/C19H22ClNO4S/c1-6-11(3)21-18(22)16(26-19(21)23)10-13-8-14(20)17(15(9-13)24-5)25-12(4)7-2/h6,8-12H,1,7H2,2-5H3/b16-10-/t11-,12-/m1/s1. The molecule has 1 aromatic rings. The quantitative estimate of drug-likeness (QED) is 0.472. The van der Waals surface area contributed by atoms with Crippen LogP contribution in [-0.4, -0.2) is 35.3 Å². The fourth-order valence-electron chi connectivity index (χ4n) is 2.31. The molecule has 1 heterocycles. The number of amides is 2. The van der Waals surface area contributed by atoms with Gasteiger partial charge in [-0.05, 0) is 55.8 Å². The number of methoxy groups -OCH3 is 1. The number of thioether (sulfide) groups is 1. The molecule has 5 nitrogen and oxygen atoms in total. The molecule has 0 bridgehead atoms. The monoisotopic (exact) mass is 395 g/mol. The minimum absolute atomic E-state index is 0.0101. The van der Waals surface area contributed by atoms with Crippen LogP contribution in [0, 0.1) is 0 Å². The molecule has 26 heavy (non-hydrogen) atoms. The predicted octanol–water partition coefficient (Wildman–Crippen LogP) is 5.14. The Bertz CT molecular complexity index is 762. The van der Waals surface area contributed by atoms with Crippen molar-refractivity contribution in [1.29, 1.82) is 0 Å². The first-order chi connectivity index (χ1) is 12.3. The topological polar surface area (TPSA) is 55.8 Å². The zero-order chi connectivity index (χ0) is 19.4. The summed E-state index contributed by atoms with van der Waals surface area (Å²) in [4.78, 5) is 26.1. The molecule has 1 aliphatic rings. The van der Waals surface area contributed by atoms with Crippen molar-refractivity contribution < 1.29 is 19.1 Å².